The Hall–Kier alpha value is -4.08. The highest BCUT2D eigenvalue weighted by Gasteiger charge is 2.23. The lowest BCUT2D eigenvalue weighted by Gasteiger charge is -2.17. The topological polar surface area (TPSA) is 119 Å². The minimum Gasteiger partial charge on any atom is -0.378 e. The number of aromatic nitrogens is 2. The highest BCUT2D eigenvalue weighted by molar-refractivity contribution is 6.39. The number of benzene rings is 3. The second-order valence-electron chi connectivity index (χ2n) is 8.97. The molecule has 0 aliphatic rings. The van der Waals surface area contributed by atoms with Crippen LogP contribution in [-0.4, -0.2) is 41.1 Å². The molecule has 1 atom stereocenters. The maximum atomic E-state index is 13.3. The Bertz CT molecular complexity index is 1660. The average molecular weight is 554 g/mol. The molecule has 0 aliphatic heterocycles. The molecule has 0 aliphatic carbocycles. The lowest BCUT2D eigenvalue weighted by atomic mass is 10.0. The van der Waals surface area contributed by atoms with Crippen molar-refractivity contribution >= 4 is 51.6 Å². The third-order valence-corrected chi connectivity index (χ3v) is 6.87. The van der Waals surface area contributed by atoms with E-state index in [-0.39, 0.29) is 22.0 Å². The molecule has 2 amide bonds. The van der Waals surface area contributed by atoms with Gasteiger partial charge in [-0.05, 0) is 48.0 Å². The fraction of sp³-hybridized carbons (Fsp3) is 0.185. The van der Waals surface area contributed by atoms with Crippen LogP contribution in [0.5, 0.6) is 0 Å². The number of hydrogen-bond acceptors (Lipinski definition) is 5. The molecule has 196 valence electrons. The quantitative estimate of drug-likeness (QED) is 0.364. The van der Waals surface area contributed by atoms with Crippen LogP contribution in [-0.2, 0) is 18.3 Å². The number of aryl methyl sites for hydroxylation is 1. The Labute approximate surface area is 228 Å². The number of amides is 2. The zero-order chi connectivity index (χ0) is 27.7. The smallest absolute Gasteiger partial charge is 0.335 e. The Morgan fingerprint density at radius 3 is 2.21 bits per heavy atom. The van der Waals surface area contributed by atoms with Gasteiger partial charge >= 0.3 is 5.69 Å². The SMILES string of the molecule is CN(C)c1ccc2c(c1)c(=O)n(-c1ccc(C[C@H](NC(=O)c3c(Cl)cccc3Cl)C(N)=O)cc1)c(=O)n2C. The van der Waals surface area contributed by atoms with Crippen molar-refractivity contribution in [1.29, 1.82) is 0 Å². The van der Waals surface area contributed by atoms with Crippen LogP contribution in [0.2, 0.25) is 10.0 Å². The molecule has 3 aromatic carbocycles. The van der Waals surface area contributed by atoms with Crippen molar-refractivity contribution < 1.29 is 9.59 Å². The minimum atomic E-state index is -1.05. The molecule has 9 nitrogen and oxygen atoms in total. The van der Waals surface area contributed by atoms with Gasteiger partial charge in [-0.15, -0.1) is 0 Å². The van der Waals surface area contributed by atoms with E-state index >= 15 is 0 Å². The third-order valence-electron chi connectivity index (χ3n) is 6.24. The Kier molecular flexibility index (Phi) is 7.61. The number of carbonyl (C=O) groups is 2. The van der Waals surface area contributed by atoms with Crippen LogP contribution in [0.1, 0.15) is 15.9 Å². The van der Waals surface area contributed by atoms with Crippen molar-refractivity contribution in [2.24, 2.45) is 12.8 Å². The number of rotatable bonds is 7. The van der Waals surface area contributed by atoms with Gasteiger partial charge in [0.2, 0.25) is 5.91 Å². The molecular weight excluding hydrogens is 529 g/mol. The first kappa shape index (κ1) is 27.0. The number of primary amides is 1. The van der Waals surface area contributed by atoms with Gasteiger partial charge < -0.3 is 16.0 Å². The monoisotopic (exact) mass is 553 g/mol. The van der Waals surface area contributed by atoms with E-state index in [0.717, 1.165) is 10.3 Å². The predicted octanol–water partition coefficient (Wildman–Crippen LogP) is 2.89. The molecule has 3 N–H and O–H groups in total. The molecule has 4 aromatic rings. The van der Waals surface area contributed by atoms with Crippen LogP contribution in [0.4, 0.5) is 5.69 Å². The van der Waals surface area contributed by atoms with E-state index in [1.807, 2.05) is 25.1 Å². The van der Waals surface area contributed by atoms with Gasteiger partial charge in [0.1, 0.15) is 6.04 Å². The number of nitrogens with two attached hydrogens (primary N) is 1. The summed E-state index contributed by atoms with van der Waals surface area (Å²) in [5, 5.41) is 3.26. The van der Waals surface area contributed by atoms with E-state index in [2.05, 4.69) is 5.32 Å². The maximum Gasteiger partial charge on any atom is 0.335 e. The van der Waals surface area contributed by atoms with Gasteiger partial charge in [0.15, 0.2) is 0 Å². The maximum absolute atomic E-state index is 13.3. The van der Waals surface area contributed by atoms with E-state index in [0.29, 0.717) is 22.2 Å². The zero-order valence-corrected chi connectivity index (χ0v) is 22.4. The molecule has 11 heteroatoms. The lowest BCUT2D eigenvalue weighted by molar-refractivity contribution is -0.119. The van der Waals surface area contributed by atoms with Crippen molar-refractivity contribution in [2.75, 3.05) is 19.0 Å². The zero-order valence-electron chi connectivity index (χ0n) is 20.9. The van der Waals surface area contributed by atoms with Crippen LogP contribution in [0, 0.1) is 0 Å². The molecule has 0 saturated heterocycles. The number of fused-ring (bicyclic) bond motifs is 1. The van der Waals surface area contributed by atoms with Gasteiger partial charge in [-0.2, -0.15) is 0 Å². The summed E-state index contributed by atoms with van der Waals surface area (Å²) in [6.45, 7) is 0. The first-order valence-electron chi connectivity index (χ1n) is 11.6. The van der Waals surface area contributed by atoms with Crippen LogP contribution in [0.3, 0.4) is 0 Å². The van der Waals surface area contributed by atoms with Gasteiger partial charge in [-0.1, -0.05) is 41.4 Å². The second-order valence-corrected chi connectivity index (χ2v) is 9.79. The van der Waals surface area contributed by atoms with E-state index in [1.165, 1.54) is 16.7 Å². The van der Waals surface area contributed by atoms with Crippen LogP contribution >= 0.6 is 23.2 Å². The average Bonchev–Trinajstić information content (AvgIpc) is 2.87. The van der Waals surface area contributed by atoms with Gasteiger partial charge in [-0.3, -0.25) is 19.0 Å². The third kappa shape index (κ3) is 5.16. The van der Waals surface area contributed by atoms with Crippen LogP contribution in [0.25, 0.3) is 16.6 Å². The van der Waals surface area contributed by atoms with Gasteiger partial charge in [0.25, 0.3) is 11.5 Å². The minimum absolute atomic E-state index is 0.0429. The molecule has 0 bridgehead atoms. The number of carbonyl (C=O) groups excluding carboxylic acids is 2. The van der Waals surface area contributed by atoms with E-state index in [9.17, 15) is 19.2 Å². The molecular formula is C27H25Cl2N5O4. The molecule has 1 heterocycles. The van der Waals surface area contributed by atoms with Crippen molar-refractivity contribution in [3.05, 3.63) is 103 Å². The van der Waals surface area contributed by atoms with Crippen molar-refractivity contribution in [3.8, 4) is 5.69 Å². The summed E-state index contributed by atoms with van der Waals surface area (Å²) in [6, 6.07) is 15.4. The summed E-state index contributed by atoms with van der Waals surface area (Å²) in [4.78, 5) is 53.1. The largest absolute Gasteiger partial charge is 0.378 e. The fourth-order valence-corrected chi connectivity index (χ4v) is 4.71. The molecule has 38 heavy (non-hydrogen) atoms. The van der Waals surface area contributed by atoms with Crippen LogP contribution < -0.4 is 27.2 Å². The van der Waals surface area contributed by atoms with Crippen LogP contribution in [0.15, 0.2) is 70.3 Å². The summed E-state index contributed by atoms with van der Waals surface area (Å²) in [6.07, 6.45) is 0.0697. The normalized spacial score (nSPS) is 11.8. The molecule has 0 saturated carbocycles. The number of hydrogen-bond donors (Lipinski definition) is 2. The van der Waals surface area contributed by atoms with Crippen molar-refractivity contribution in [1.82, 2.24) is 14.5 Å². The van der Waals surface area contributed by atoms with E-state index < -0.39 is 29.1 Å². The fourth-order valence-electron chi connectivity index (χ4n) is 4.14. The molecule has 1 aromatic heterocycles. The standard InChI is InChI=1S/C27H25Cl2N5O4/c1-32(2)17-11-12-22-18(14-17)26(37)34(27(38)33(22)3)16-9-7-15(8-10-16)13-21(24(30)35)31-25(36)23-19(28)5-4-6-20(23)29/h4-12,14,21H,13H2,1-3H3,(H2,30,35)(H,31,36)/t21-/m0/s1. The van der Waals surface area contributed by atoms with Crippen molar-refractivity contribution in [3.63, 3.8) is 0 Å². The summed E-state index contributed by atoms with van der Waals surface area (Å²) >= 11 is 12.2. The Morgan fingerprint density at radius 2 is 1.63 bits per heavy atom. The van der Waals surface area contributed by atoms with Gasteiger partial charge in [0.05, 0.1) is 32.2 Å². The molecule has 0 radical (unpaired) electrons. The van der Waals surface area contributed by atoms with Gasteiger partial charge in [0, 0.05) is 33.3 Å². The first-order valence-corrected chi connectivity index (χ1v) is 12.3. The summed E-state index contributed by atoms with van der Waals surface area (Å²) in [5.41, 5.74) is 7.00. The predicted molar refractivity (Wildman–Crippen MR) is 150 cm³/mol. The molecule has 0 spiro atoms. The summed E-state index contributed by atoms with van der Waals surface area (Å²) in [5.74, 6) is -1.38. The summed E-state index contributed by atoms with van der Waals surface area (Å²) < 4.78 is 2.51. The number of nitrogens with one attached hydrogen (secondary N) is 1. The first-order chi connectivity index (χ1) is 18.0. The number of nitrogens with zero attached hydrogens (tertiary/aromatic N) is 3. The number of anilines is 1. The van der Waals surface area contributed by atoms with Crippen molar-refractivity contribution in [2.45, 2.75) is 12.5 Å². The Morgan fingerprint density at radius 1 is 1.00 bits per heavy atom. The lowest BCUT2D eigenvalue weighted by Crippen LogP contribution is -2.46. The highest BCUT2D eigenvalue weighted by atomic mass is 35.5. The molecule has 0 fully saturated rings. The number of halogens is 2. The second kappa shape index (κ2) is 10.7. The highest BCUT2D eigenvalue weighted by Crippen LogP contribution is 2.24. The van der Waals surface area contributed by atoms with E-state index in [1.54, 1.807) is 49.5 Å². The van der Waals surface area contributed by atoms with Gasteiger partial charge in [-0.25, -0.2) is 9.36 Å². The molecule has 4 rings (SSSR count). The molecule has 0 unspecified atom stereocenters. The Balaban J connectivity index is 1.64. The summed E-state index contributed by atoms with van der Waals surface area (Å²) in [7, 11) is 5.34. The van der Waals surface area contributed by atoms with E-state index in [4.69, 9.17) is 28.9 Å².